The zero-order valence-corrected chi connectivity index (χ0v) is 9.57. The Kier molecular flexibility index (Phi) is 4.25. The molecule has 0 aliphatic heterocycles. The van der Waals surface area contributed by atoms with E-state index in [1.54, 1.807) is 0 Å². The number of hydrogen-bond donors (Lipinski definition) is 0. The van der Waals surface area contributed by atoms with Crippen molar-refractivity contribution in [1.82, 2.24) is 0 Å². The van der Waals surface area contributed by atoms with Crippen molar-refractivity contribution in [1.29, 1.82) is 0 Å². The van der Waals surface area contributed by atoms with E-state index in [9.17, 15) is 13.2 Å². The van der Waals surface area contributed by atoms with E-state index in [0.29, 0.717) is 17.7 Å². The first-order valence-corrected chi connectivity index (χ1v) is 5.60. The third-order valence-electron chi connectivity index (χ3n) is 2.71. The van der Waals surface area contributed by atoms with Crippen LogP contribution < -0.4 is 0 Å². The predicted molar refractivity (Wildman–Crippen MR) is 51.5 cm³/mol. The largest absolute Gasteiger partial charge is 0.414 e. The van der Waals surface area contributed by atoms with E-state index in [4.69, 9.17) is 0 Å². The lowest BCUT2D eigenvalue weighted by Gasteiger charge is -2.32. The summed E-state index contributed by atoms with van der Waals surface area (Å²) in [6, 6.07) is 0. The maximum Gasteiger partial charge on any atom is 0.414 e. The second kappa shape index (κ2) is 4.84. The van der Waals surface area contributed by atoms with Gasteiger partial charge in [-0.05, 0) is 31.6 Å². The molecule has 1 aliphatic carbocycles. The number of alkyl halides is 4. The van der Waals surface area contributed by atoms with Crippen LogP contribution in [0.15, 0.2) is 0 Å². The van der Waals surface area contributed by atoms with E-state index in [0.717, 1.165) is 20.0 Å². The smallest absolute Gasteiger partial charge is 0.372 e. The normalized spacial score (nSPS) is 31.5. The average Bonchev–Trinajstić information content (AvgIpc) is 2.07. The van der Waals surface area contributed by atoms with Gasteiger partial charge in [-0.3, -0.25) is 0 Å². The highest BCUT2D eigenvalue weighted by Crippen LogP contribution is 2.37. The molecule has 0 N–H and O–H groups in total. The summed E-state index contributed by atoms with van der Waals surface area (Å²) in [5.74, 6) is -0.367. The molecule has 1 unspecified atom stereocenters. The quantitative estimate of drug-likeness (QED) is 0.701. The molecule has 0 bridgehead atoms. The molecule has 0 radical (unpaired) electrons. The Morgan fingerprint density at radius 3 is 2.07 bits per heavy atom. The monoisotopic (exact) mass is 274 g/mol. The van der Waals surface area contributed by atoms with Crippen LogP contribution >= 0.6 is 15.9 Å². The summed E-state index contributed by atoms with van der Waals surface area (Å²) in [6.07, 6.45) is -3.01. The molecule has 1 atom stereocenters. The molecular weight excluding hydrogens is 261 g/mol. The zero-order chi connectivity index (χ0) is 10.8. The Morgan fingerprint density at radius 2 is 1.71 bits per heavy atom. The first-order chi connectivity index (χ1) is 6.45. The Hall–Kier alpha value is 0.230. The molecule has 0 aromatic heterocycles. The number of ether oxygens (including phenoxy) is 1. The minimum Gasteiger partial charge on any atom is -0.372 e. The predicted octanol–water partition coefficient (Wildman–Crippen LogP) is 3.52. The lowest BCUT2D eigenvalue weighted by Crippen LogP contribution is -2.39. The van der Waals surface area contributed by atoms with Crippen LogP contribution in [0.2, 0.25) is 0 Å². The van der Waals surface area contributed by atoms with Crippen molar-refractivity contribution in [2.24, 2.45) is 5.92 Å². The zero-order valence-electron chi connectivity index (χ0n) is 7.98. The van der Waals surface area contributed by atoms with Crippen molar-refractivity contribution in [3.05, 3.63) is 0 Å². The van der Waals surface area contributed by atoms with Crippen molar-refractivity contribution in [2.75, 3.05) is 7.11 Å². The number of rotatable bonds is 2. The number of hydrogen-bond acceptors (Lipinski definition) is 1. The molecule has 1 rings (SSSR count). The molecule has 84 valence electrons. The highest BCUT2D eigenvalue weighted by Gasteiger charge is 2.45. The van der Waals surface area contributed by atoms with Gasteiger partial charge in [0.05, 0.1) is 0 Å². The van der Waals surface area contributed by atoms with Gasteiger partial charge >= 0.3 is 6.18 Å². The standard InChI is InChI=1S/C9H14BrF3O/c1-14-8(9(11,12)13)6-2-4-7(10)5-3-6/h6-8H,2-5H2,1H3. The van der Waals surface area contributed by atoms with Gasteiger partial charge in [0, 0.05) is 11.9 Å². The molecule has 0 amide bonds. The average molecular weight is 275 g/mol. The molecular formula is C9H14BrF3O. The lowest BCUT2D eigenvalue weighted by atomic mass is 9.85. The highest BCUT2D eigenvalue weighted by atomic mass is 79.9. The van der Waals surface area contributed by atoms with Gasteiger partial charge in [0.2, 0.25) is 0 Å². The molecule has 1 fully saturated rings. The fraction of sp³-hybridized carbons (Fsp3) is 1.00. The number of halogens is 4. The fourth-order valence-corrected chi connectivity index (χ4v) is 2.50. The molecule has 5 heteroatoms. The maximum absolute atomic E-state index is 12.5. The number of methoxy groups -OCH3 is 1. The van der Waals surface area contributed by atoms with E-state index in [1.807, 2.05) is 0 Å². The van der Waals surface area contributed by atoms with Crippen LogP contribution in [0.5, 0.6) is 0 Å². The van der Waals surface area contributed by atoms with Crippen LogP contribution in [0.4, 0.5) is 13.2 Å². The van der Waals surface area contributed by atoms with Gasteiger partial charge in [0.1, 0.15) is 0 Å². The lowest BCUT2D eigenvalue weighted by molar-refractivity contribution is -0.231. The van der Waals surface area contributed by atoms with Gasteiger partial charge in [-0.1, -0.05) is 15.9 Å². The summed E-state index contributed by atoms with van der Waals surface area (Å²) < 4.78 is 41.9. The maximum atomic E-state index is 12.5. The molecule has 0 saturated heterocycles. The second-order valence-electron chi connectivity index (χ2n) is 3.71. The van der Waals surface area contributed by atoms with E-state index >= 15 is 0 Å². The molecule has 14 heavy (non-hydrogen) atoms. The molecule has 0 spiro atoms. The van der Waals surface area contributed by atoms with Crippen molar-refractivity contribution in [2.45, 2.75) is 42.8 Å². The molecule has 0 aromatic rings. The SMILES string of the molecule is COC(C1CCC(Br)CC1)C(F)(F)F. The topological polar surface area (TPSA) is 9.23 Å². The van der Waals surface area contributed by atoms with Gasteiger partial charge in [-0.15, -0.1) is 0 Å². The molecule has 1 nitrogen and oxygen atoms in total. The van der Waals surface area contributed by atoms with Crippen LogP contribution in [0.3, 0.4) is 0 Å². The van der Waals surface area contributed by atoms with Gasteiger partial charge < -0.3 is 4.74 Å². The Morgan fingerprint density at radius 1 is 1.21 bits per heavy atom. The minimum absolute atomic E-state index is 0.367. The third kappa shape index (κ3) is 3.12. The van der Waals surface area contributed by atoms with Crippen LogP contribution in [0.25, 0.3) is 0 Å². The first-order valence-electron chi connectivity index (χ1n) is 4.68. The minimum atomic E-state index is -4.22. The van der Waals surface area contributed by atoms with Crippen LogP contribution in [0.1, 0.15) is 25.7 Å². The van der Waals surface area contributed by atoms with Gasteiger partial charge in [-0.2, -0.15) is 13.2 Å². The van der Waals surface area contributed by atoms with Crippen molar-refractivity contribution in [3.63, 3.8) is 0 Å². The Bertz CT molecular complexity index is 175. The summed E-state index contributed by atoms with van der Waals surface area (Å²) in [6.45, 7) is 0. The van der Waals surface area contributed by atoms with Gasteiger partial charge in [0.25, 0.3) is 0 Å². The third-order valence-corrected chi connectivity index (χ3v) is 3.62. The molecule has 1 aliphatic rings. The highest BCUT2D eigenvalue weighted by molar-refractivity contribution is 9.09. The van der Waals surface area contributed by atoms with E-state index < -0.39 is 12.3 Å². The van der Waals surface area contributed by atoms with E-state index in [2.05, 4.69) is 20.7 Å². The summed E-state index contributed by atoms with van der Waals surface area (Å²) in [5, 5.41) is 0. The van der Waals surface area contributed by atoms with Crippen LogP contribution in [0, 0.1) is 5.92 Å². The summed E-state index contributed by atoms with van der Waals surface area (Å²) >= 11 is 3.42. The first kappa shape index (κ1) is 12.3. The van der Waals surface area contributed by atoms with E-state index in [1.165, 1.54) is 0 Å². The van der Waals surface area contributed by atoms with Gasteiger partial charge in [-0.25, -0.2) is 0 Å². The van der Waals surface area contributed by atoms with E-state index in [-0.39, 0.29) is 5.92 Å². The summed E-state index contributed by atoms with van der Waals surface area (Å²) in [5.41, 5.74) is 0. The Labute approximate surface area is 90.1 Å². The van der Waals surface area contributed by atoms with Crippen molar-refractivity contribution in [3.8, 4) is 0 Å². The van der Waals surface area contributed by atoms with Crippen molar-refractivity contribution < 1.29 is 17.9 Å². The fourth-order valence-electron chi connectivity index (χ4n) is 1.97. The summed E-state index contributed by atoms with van der Waals surface area (Å²) in [4.78, 5) is 0.379. The molecule has 0 heterocycles. The van der Waals surface area contributed by atoms with Gasteiger partial charge in [0.15, 0.2) is 6.10 Å². The molecule has 1 saturated carbocycles. The molecule has 0 aromatic carbocycles. The second-order valence-corrected chi connectivity index (χ2v) is 5.00. The summed E-state index contributed by atoms with van der Waals surface area (Å²) in [7, 11) is 1.14. The Balaban J connectivity index is 2.54. The van der Waals surface area contributed by atoms with Crippen LogP contribution in [-0.2, 0) is 4.74 Å². The van der Waals surface area contributed by atoms with Crippen molar-refractivity contribution >= 4 is 15.9 Å². The van der Waals surface area contributed by atoms with Crippen LogP contribution in [-0.4, -0.2) is 24.2 Å².